The van der Waals surface area contributed by atoms with Crippen LogP contribution in [0.2, 0.25) is 5.02 Å². The summed E-state index contributed by atoms with van der Waals surface area (Å²) in [5.74, 6) is 6.52. The third kappa shape index (κ3) is 2.65. The second kappa shape index (κ2) is 6.26. The Morgan fingerprint density at radius 1 is 1.50 bits per heavy atom. The zero-order chi connectivity index (χ0) is 14.7. The van der Waals surface area contributed by atoms with E-state index in [0.29, 0.717) is 11.6 Å². The van der Waals surface area contributed by atoms with Crippen molar-refractivity contribution in [3.05, 3.63) is 46.2 Å². The van der Waals surface area contributed by atoms with E-state index in [0.717, 1.165) is 22.6 Å². The van der Waals surface area contributed by atoms with Crippen LogP contribution in [0.4, 0.5) is 0 Å². The van der Waals surface area contributed by atoms with Crippen LogP contribution in [0.1, 0.15) is 29.8 Å². The lowest BCUT2D eigenvalue weighted by Gasteiger charge is -2.21. The van der Waals surface area contributed by atoms with Gasteiger partial charge in [-0.1, -0.05) is 23.7 Å². The molecule has 0 radical (unpaired) electrons. The number of nitrogens with zero attached hydrogens (tertiary/aromatic N) is 2. The number of methoxy groups -OCH3 is 1. The van der Waals surface area contributed by atoms with Gasteiger partial charge in [0.1, 0.15) is 5.75 Å². The number of benzene rings is 1. The van der Waals surface area contributed by atoms with E-state index in [1.54, 1.807) is 13.3 Å². The maximum atomic E-state index is 6.25. The van der Waals surface area contributed by atoms with E-state index in [9.17, 15) is 0 Å². The Morgan fingerprint density at radius 3 is 2.85 bits per heavy atom. The van der Waals surface area contributed by atoms with Gasteiger partial charge in [-0.3, -0.25) is 10.5 Å². The van der Waals surface area contributed by atoms with Gasteiger partial charge in [0.25, 0.3) is 0 Å². The zero-order valence-electron chi connectivity index (χ0n) is 11.9. The molecule has 6 heteroatoms. The van der Waals surface area contributed by atoms with Crippen molar-refractivity contribution in [1.82, 2.24) is 15.2 Å². The third-order valence-corrected chi connectivity index (χ3v) is 3.56. The number of nitrogens with two attached hydrogens (primary N) is 1. The number of hydrogen-bond acceptors (Lipinski definition) is 4. The molecule has 108 valence electrons. The molecule has 1 atom stereocenters. The summed E-state index contributed by atoms with van der Waals surface area (Å²) < 4.78 is 7.28. The van der Waals surface area contributed by atoms with Crippen molar-refractivity contribution >= 4 is 11.6 Å². The molecule has 1 unspecified atom stereocenters. The highest BCUT2D eigenvalue weighted by Crippen LogP contribution is 2.33. The van der Waals surface area contributed by atoms with Crippen LogP contribution in [0.15, 0.2) is 24.4 Å². The fourth-order valence-corrected chi connectivity index (χ4v) is 2.53. The molecule has 0 bridgehead atoms. The van der Waals surface area contributed by atoms with Crippen LogP contribution >= 0.6 is 11.6 Å². The van der Waals surface area contributed by atoms with Crippen LogP contribution in [0.25, 0.3) is 0 Å². The lowest BCUT2D eigenvalue weighted by Crippen LogP contribution is -2.31. The number of nitrogens with one attached hydrogen (secondary N) is 1. The van der Waals surface area contributed by atoms with Crippen LogP contribution in [0, 0.1) is 6.92 Å². The number of hydrogen-bond donors (Lipinski definition) is 2. The van der Waals surface area contributed by atoms with Crippen molar-refractivity contribution in [1.29, 1.82) is 0 Å². The summed E-state index contributed by atoms with van der Waals surface area (Å²) in [6, 6.07) is 5.70. The first-order valence-electron chi connectivity index (χ1n) is 6.44. The molecule has 0 amide bonds. The molecule has 0 fully saturated rings. The molecule has 20 heavy (non-hydrogen) atoms. The Balaban J connectivity index is 2.55. The van der Waals surface area contributed by atoms with Crippen LogP contribution in [-0.4, -0.2) is 16.9 Å². The third-order valence-electron chi connectivity index (χ3n) is 3.27. The first-order chi connectivity index (χ1) is 9.62. The maximum Gasteiger partial charge on any atom is 0.124 e. The largest absolute Gasteiger partial charge is 0.496 e. The van der Waals surface area contributed by atoms with Crippen molar-refractivity contribution in [3.63, 3.8) is 0 Å². The summed E-state index contributed by atoms with van der Waals surface area (Å²) in [4.78, 5) is 0. The van der Waals surface area contributed by atoms with Crippen LogP contribution in [0.3, 0.4) is 0 Å². The summed E-state index contributed by atoms with van der Waals surface area (Å²) >= 11 is 6.25. The van der Waals surface area contributed by atoms with Crippen LogP contribution in [-0.2, 0) is 6.54 Å². The smallest absolute Gasteiger partial charge is 0.124 e. The first-order valence-corrected chi connectivity index (χ1v) is 6.82. The second-order valence-corrected chi connectivity index (χ2v) is 4.95. The average Bonchev–Trinajstić information content (AvgIpc) is 2.82. The second-order valence-electron chi connectivity index (χ2n) is 4.54. The molecular weight excluding hydrogens is 276 g/mol. The Bertz CT molecular complexity index is 597. The highest BCUT2D eigenvalue weighted by Gasteiger charge is 2.23. The van der Waals surface area contributed by atoms with E-state index < -0.39 is 0 Å². The van der Waals surface area contributed by atoms with Gasteiger partial charge in [0.15, 0.2) is 0 Å². The Labute approximate surface area is 123 Å². The summed E-state index contributed by atoms with van der Waals surface area (Å²) in [5, 5.41) is 4.83. The molecule has 0 aliphatic rings. The van der Waals surface area contributed by atoms with E-state index in [4.69, 9.17) is 22.2 Å². The molecule has 0 aliphatic carbocycles. The summed E-state index contributed by atoms with van der Waals surface area (Å²) in [6.45, 7) is 4.74. The predicted molar refractivity (Wildman–Crippen MR) is 79.8 cm³/mol. The molecule has 1 aromatic heterocycles. The number of aromatic nitrogens is 2. The molecule has 0 saturated heterocycles. The summed E-state index contributed by atoms with van der Waals surface area (Å²) in [6.07, 6.45) is 1.63. The molecular formula is C14H19ClN4O. The van der Waals surface area contributed by atoms with Crippen LogP contribution in [0.5, 0.6) is 5.75 Å². The maximum absolute atomic E-state index is 6.25. The molecule has 5 nitrogen and oxygen atoms in total. The minimum atomic E-state index is -0.277. The highest BCUT2D eigenvalue weighted by atomic mass is 35.5. The zero-order valence-corrected chi connectivity index (χ0v) is 12.6. The van der Waals surface area contributed by atoms with Gasteiger partial charge in [-0.2, -0.15) is 5.10 Å². The number of aryl methyl sites for hydroxylation is 2. The van der Waals surface area contributed by atoms with Crippen molar-refractivity contribution < 1.29 is 4.74 Å². The fourth-order valence-electron chi connectivity index (χ4n) is 2.28. The van der Waals surface area contributed by atoms with E-state index in [2.05, 4.69) is 10.5 Å². The number of halogens is 1. The molecule has 0 spiro atoms. The first kappa shape index (κ1) is 14.8. The van der Waals surface area contributed by atoms with Gasteiger partial charge in [0.2, 0.25) is 0 Å². The van der Waals surface area contributed by atoms with Gasteiger partial charge >= 0.3 is 0 Å². The van der Waals surface area contributed by atoms with Gasteiger partial charge in [-0.15, -0.1) is 0 Å². The SMILES string of the molecule is CCn1ncc(Cl)c1C(NN)c1ccc(C)cc1OC. The van der Waals surface area contributed by atoms with Gasteiger partial charge in [-0.25, -0.2) is 5.43 Å². The van der Waals surface area contributed by atoms with Gasteiger partial charge in [-0.05, 0) is 25.5 Å². The number of rotatable bonds is 5. The fraction of sp³-hybridized carbons (Fsp3) is 0.357. The predicted octanol–water partition coefficient (Wildman–Crippen LogP) is 2.43. The van der Waals surface area contributed by atoms with Gasteiger partial charge < -0.3 is 4.74 Å². The molecule has 1 aromatic carbocycles. The molecule has 0 saturated carbocycles. The van der Waals surface area contributed by atoms with E-state index in [-0.39, 0.29) is 6.04 Å². The normalized spacial score (nSPS) is 12.4. The Morgan fingerprint density at radius 2 is 2.25 bits per heavy atom. The van der Waals surface area contributed by atoms with Crippen LogP contribution < -0.4 is 16.0 Å². The Kier molecular flexibility index (Phi) is 4.65. The van der Waals surface area contributed by atoms with E-state index in [1.807, 2.05) is 36.7 Å². The topological polar surface area (TPSA) is 65.1 Å². The molecule has 3 N–H and O–H groups in total. The summed E-state index contributed by atoms with van der Waals surface area (Å²) in [7, 11) is 1.64. The molecule has 0 aliphatic heterocycles. The van der Waals surface area contributed by atoms with Crippen molar-refractivity contribution in [2.45, 2.75) is 26.4 Å². The Hall–Kier alpha value is -1.56. The minimum Gasteiger partial charge on any atom is -0.496 e. The lowest BCUT2D eigenvalue weighted by molar-refractivity contribution is 0.401. The summed E-state index contributed by atoms with van der Waals surface area (Å²) in [5.41, 5.74) is 5.69. The molecule has 1 heterocycles. The lowest BCUT2D eigenvalue weighted by atomic mass is 10.0. The van der Waals surface area contributed by atoms with Gasteiger partial charge in [0, 0.05) is 12.1 Å². The molecule has 2 aromatic rings. The molecule has 2 rings (SSSR count). The van der Waals surface area contributed by atoms with E-state index >= 15 is 0 Å². The average molecular weight is 295 g/mol. The van der Waals surface area contributed by atoms with Crippen molar-refractivity contribution in [2.24, 2.45) is 5.84 Å². The minimum absolute atomic E-state index is 0.277. The highest BCUT2D eigenvalue weighted by molar-refractivity contribution is 6.31. The number of hydrazine groups is 1. The quantitative estimate of drug-likeness (QED) is 0.656. The monoisotopic (exact) mass is 294 g/mol. The van der Waals surface area contributed by atoms with Crippen molar-refractivity contribution in [2.75, 3.05) is 7.11 Å². The van der Waals surface area contributed by atoms with E-state index in [1.165, 1.54) is 0 Å². The van der Waals surface area contributed by atoms with Gasteiger partial charge in [0.05, 0.1) is 30.1 Å². The standard InChI is InChI=1S/C14H19ClN4O/c1-4-19-14(11(15)8-17-19)13(18-16)10-6-5-9(2)7-12(10)20-3/h5-8,13,18H,4,16H2,1-3H3. The number of ether oxygens (including phenoxy) is 1. The van der Waals surface area contributed by atoms with Crippen molar-refractivity contribution in [3.8, 4) is 5.75 Å².